The summed E-state index contributed by atoms with van der Waals surface area (Å²) >= 11 is 0. The number of halogens is 1. The predicted octanol–water partition coefficient (Wildman–Crippen LogP) is 5.21. The minimum atomic E-state index is -0.191. The molecule has 1 fully saturated rings. The fourth-order valence-corrected chi connectivity index (χ4v) is 4.63. The fourth-order valence-electron chi connectivity index (χ4n) is 4.63. The Morgan fingerprint density at radius 1 is 1.15 bits per heavy atom. The van der Waals surface area contributed by atoms with Crippen LogP contribution in [0, 0.1) is 11.7 Å². The van der Waals surface area contributed by atoms with Gasteiger partial charge in [0, 0.05) is 18.2 Å². The van der Waals surface area contributed by atoms with E-state index in [4.69, 9.17) is 9.47 Å². The molecule has 2 heterocycles. The molecule has 2 aromatic carbocycles. The monoisotopic (exact) mass is 365 g/mol. The summed E-state index contributed by atoms with van der Waals surface area (Å²) in [6.45, 7) is 1.47. The van der Waals surface area contributed by atoms with Crippen LogP contribution >= 0.6 is 0 Å². The third kappa shape index (κ3) is 3.23. The quantitative estimate of drug-likeness (QED) is 0.755. The molecule has 0 aromatic heterocycles. The number of anilines is 1. The van der Waals surface area contributed by atoms with E-state index in [1.165, 1.54) is 5.56 Å². The van der Waals surface area contributed by atoms with Gasteiger partial charge < -0.3 is 14.8 Å². The van der Waals surface area contributed by atoms with E-state index in [-0.39, 0.29) is 18.0 Å². The maximum atomic E-state index is 13.3. The Hall–Kier alpha value is -2.33. The molecule has 5 rings (SSSR count). The maximum Gasteiger partial charge on any atom is 0.123 e. The lowest BCUT2D eigenvalue weighted by atomic mass is 9.77. The van der Waals surface area contributed by atoms with Crippen molar-refractivity contribution in [1.82, 2.24) is 0 Å². The highest BCUT2D eigenvalue weighted by molar-refractivity contribution is 5.61. The second-order valence-corrected chi connectivity index (χ2v) is 7.72. The van der Waals surface area contributed by atoms with Crippen LogP contribution in [-0.4, -0.2) is 19.3 Å². The second kappa shape index (κ2) is 7.01. The molecule has 1 aliphatic carbocycles. The first kappa shape index (κ1) is 16.8. The number of nitrogens with one attached hydrogen (secondary N) is 1. The molecule has 4 unspecified atom stereocenters. The van der Waals surface area contributed by atoms with E-state index >= 15 is 0 Å². The second-order valence-electron chi connectivity index (χ2n) is 7.72. The summed E-state index contributed by atoms with van der Waals surface area (Å²) < 4.78 is 25.0. The molecule has 1 N–H and O–H groups in total. The van der Waals surface area contributed by atoms with Gasteiger partial charge >= 0.3 is 0 Å². The van der Waals surface area contributed by atoms with E-state index in [0.29, 0.717) is 18.4 Å². The lowest BCUT2D eigenvalue weighted by Crippen LogP contribution is -2.29. The fraction of sp³-hybridized carbons (Fsp3) is 0.391. The average Bonchev–Trinajstić information content (AvgIpc) is 3.38. The Kier molecular flexibility index (Phi) is 4.36. The van der Waals surface area contributed by atoms with Gasteiger partial charge in [-0.2, -0.15) is 0 Å². The van der Waals surface area contributed by atoms with Crippen LogP contribution in [0.5, 0.6) is 5.75 Å². The van der Waals surface area contributed by atoms with Gasteiger partial charge in [-0.05, 0) is 66.6 Å². The number of hydrogen-bond donors (Lipinski definition) is 1. The average molecular weight is 365 g/mol. The number of benzene rings is 2. The van der Waals surface area contributed by atoms with E-state index < -0.39 is 0 Å². The van der Waals surface area contributed by atoms with Gasteiger partial charge in [-0.15, -0.1) is 0 Å². The zero-order chi connectivity index (χ0) is 18.2. The minimum absolute atomic E-state index is 0.191. The van der Waals surface area contributed by atoms with Crippen molar-refractivity contribution < 1.29 is 13.9 Å². The topological polar surface area (TPSA) is 30.5 Å². The van der Waals surface area contributed by atoms with Crippen molar-refractivity contribution in [2.24, 2.45) is 5.92 Å². The van der Waals surface area contributed by atoms with Crippen molar-refractivity contribution in [2.75, 3.05) is 18.5 Å². The summed E-state index contributed by atoms with van der Waals surface area (Å²) in [5.74, 6) is 1.52. The van der Waals surface area contributed by atoms with E-state index in [9.17, 15) is 4.39 Å². The Morgan fingerprint density at radius 2 is 2.04 bits per heavy atom. The predicted molar refractivity (Wildman–Crippen MR) is 104 cm³/mol. The molecule has 0 saturated carbocycles. The van der Waals surface area contributed by atoms with Crippen LogP contribution in [0.3, 0.4) is 0 Å². The van der Waals surface area contributed by atoms with Crippen LogP contribution in [-0.2, 0) is 4.74 Å². The number of rotatable bonds is 4. The zero-order valence-corrected chi connectivity index (χ0v) is 15.2. The van der Waals surface area contributed by atoms with Gasteiger partial charge in [0.2, 0.25) is 0 Å². The van der Waals surface area contributed by atoms with Crippen LogP contribution in [0.4, 0.5) is 10.1 Å². The van der Waals surface area contributed by atoms with Crippen LogP contribution in [0.15, 0.2) is 54.6 Å². The van der Waals surface area contributed by atoms with Gasteiger partial charge in [0.15, 0.2) is 0 Å². The minimum Gasteiger partial charge on any atom is -0.491 e. The molecule has 0 bridgehead atoms. The summed E-state index contributed by atoms with van der Waals surface area (Å²) in [5, 5.41) is 3.69. The summed E-state index contributed by atoms with van der Waals surface area (Å²) in [6.07, 6.45) is 8.04. The summed E-state index contributed by atoms with van der Waals surface area (Å²) in [5.41, 5.74) is 3.57. The Balaban J connectivity index is 1.39. The molecule has 0 radical (unpaired) electrons. The van der Waals surface area contributed by atoms with Gasteiger partial charge in [0.1, 0.15) is 18.2 Å². The standard InChI is InChI=1S/C23H24FNO2/c24-16-8-6-15(7-9-16)23-20-5-1-4-19(20)21-13-17(10-11-22(21)25-23)27-14-18-3-2-12-26-18/h1,4,6-11,13,18-20,23,25H,2-3,5,12,14H2. The molecule has 1 saturated heterocycles. The molecule has 27 heavy (non-hydrogen) atoms. The lowest BCUT2D eigenvalue weighted by molar-refractivity contribution is 0.0679. The molecule has 2 aliphatic heterocycles. The first-order valence-electron chi connectivity index (χ1n) is 9.85. The largest absolute Gasteiger partial charge is 0.491 e. The summed E-state index contributed by atoms with van der Waals surface area (Å²) in [4.78, 5) is 0. The van der Waals surface area contributed by atoms with Crippen LogP contribution < -0.4 is 10.1 Å². The highest BCUT2D eigenvalue weighted by Crippen LogP contribution is 2.50. The molecule has 4 atom stereocenters. The molecule has 3 nitrogen and oxygen atoms in total. The molecule has 2 aromatic rings. The SMILES string of the molecule is Fc1ccc(C2Nc3ccc(OCC4CCCO4)cc3C3C=CCC32)cc1. The maximum absolute atomic E-state index is 13.3. The Bertz CT molecular complexity index is 842. The van der Waals surface area contributed by atoms with Crippen molar-refractivity contribution >= 4 is 5.69 Å². The van der Waals surface area contributed by atoms with E-state index in [1.807, 2.05) is 18.2 Å². The Labute approximate surface area is 159 Å². The van der Waals surface area contributed by atoms with Crippen molar-refractivity contribution in [1.29, 1.82) is 0 Å². The van der Waals surface area contributed by atoms with Crippen molar-refractivity contribution in [3.05, 3.63) is 71.6 Å². The molecule has 0 spiro atoms. The smallest absolute Gasteiger partial charge is 0.123 e. The lowest BCUT2D eigenvalue weighted by Gasteiger charge is -2.37. The van der Waals surface area contributed by atoms with Gasteiger partial charge in [-0.25, -0.2) is 4.39 Å². The molecular weight excluding hydrogens is 341 g/mol. The van der Waals surface area contributed by atoms with Crippen LogP contribution in [0.1, 0.15) is 42.3 Å². The third-order valence-electron chi connectivity index (χ3n) is 6.02. The van der Waals surface area contributed by atoms with Crippen LogP contribution in [0.25, 0.3) is 0 Å². The molecule has 0 amide bonds. The van der Waals surface area contributed by atoms with Crippen molar-refractivity contribution in [3.8, 4) is 5.75 Å². The highest BCUT2D eigenvalue weighted by Gasteiger charge is 2.38. The number of ether oxygens (including phenoxy) is 2. The van der Waals surface area contributed by atoms with Gasteiger partial charge in [0.05, 0.1) is 12.1 Å². The first-order valence-corrected chi connectivity index (χ1v) is 9.85. The van der Waals surface area contributed by atoms with Gasteiger partial charge in [0.25, 0.3) is 0 Å². The highest BCUT2D eigenvalue weighted by atomic mass is 19.1. The molecule has 3 aliphatic rings. The number of allylic oxidation sites excluding steroid dienone is 2. The first-order chi connectivity index (χ1) is 13.3. The van der Waals surface area contributed by atoms with Crippen molar-refractivity contribution in [2.45, 2.75) is 37.3 Å². The third-order valence-corrected chi connectivity index (χ3v) is 6.02. The molecular formula is C23H24FNO2. The zero-order valence-electron chi connectivity index (χ0n) is 15.2. The van der Waals surface area contributed by atoms with Gasteiger partial charge in [-0.3, -0.25) is 0 Å². The van der Waals surface area contributed by atoms with E-state index in [1.54, 1.807) is 12.1 Å². The summed E-state index contributed by atoms with van der Waals surface area (Å²) in [6, 6.07) is 13.4. The van der Waals surface area contributed by atoms with E-state index in [0.717, 1.165) is 42.9 Å². The van der Waals surface area contributed by atoms with Crippen LogP contribution in [0.2, 0.25) is 0 Å². The normalized spacial score (nSPS) is 28.5. The molecule has 140 valence electrons. The number of hydrogen-bond acceptors (Lipinski definition) is 3. The van der Waals surface area contributed by atoms with E-state index in [2.05, 4.69) is 29.6 Å². The van der Waals surface area contributed by atoms with Crippen molar-refractivity contribution in [3.63, 3.8) is 0 Å². The number of fused-ring (bicyclic) bond motifs is 3. The Morgan fingerprint density at radius 3 is 2.85 bits per heavy atom. The van der Waals surface area contributed by atoms with Gasteiger partial charge in [-0.1, -0.05) is 24.3 Å². The molecule has 4 heteroatoms. The summed E-state index contributed by atoms with van der Waals surface area (Å²) in [7, 11) is 0.